The normalized spacial score (nSPS) is 10.7. The SMILES string of the molecule is C=CCCC=CN(CCC)CCCC. The lowest BCUT2D eigenvalue weighted by Gasteiger charge is -2.18. The van der Waals surface area contributed by atoms with Crippen LogP contribution < -0.4 is 0 Å². The van der Waals surface area contributed by atoms with Crippen LogP contribution in [0.5, 0.6) is 0 Å². The van der Waals surface area contributed by atoms with E-state index in [2.05, 4.69) is 37.6 Å². The molecule has 0 unspecified atom stereocenters. The maximum absolute atomic E-state index is 3.72. The molecule has 0 aliphatic rings. The molecule has 0 fully saturated rings. The second-order valence-corrected chi connectivity index (χ2v) is 3.64. The molecule has 0 spiro atoms. The molecule has 0 aromatic rings. The van der Waals surface area contributed by atoms with E-state index in [9.17, 15) is 0 Å². The Labute approximate surface area is 89.5 Å². The average molecular weight is 195 g/mol. The van der Waals surface area contributed by atoms with Crippen molar-refractivity contribution >= 4 is 0 Å². The largest absolute Gasteiger partial charge is 0.378 e. The van der Waals surface area contributed by atoms with Crippen LogP contribution in [0.25, 0.3) is 0 Å². The van der Waals surface area contributed by atoms with Crippen molar-refractivity contribution < 1.29 is 0 Å². The van der Waals surface area contributed by atoms with Gasteiger partial charge in [0.1, 0.15) is 0 Å². The third-order valence-corrected chi connectivity index (χ3v) is 2.16. The van der Waals surface area contributed by atoms with Gasteiger partial charge in [-0.2, -0.15) is 0 Å². The molecule has 0 saturated heterocycles. The van der Waals surface area contributed by atoms with E-state index in [1.807, 2.05) is 6.08 Å². The van der Waals surface area contributed by atoms with Gasteiger partial charge in [0, 0.05) is 13.1 Å². The summed E-state index contributed by atoms with van der Waals surface area (Å²) in [6, 6.07) is 0. The van der Waals surface area contributed by atoms with Crippen molar-refractivity contribution in [1.82, 2.24) is 4.90 Å². The summed E-state index contributed by atoms with van der Waals surface area (Å²) in [5.41, 5.74) is 0. The van der Waals surface area contributed by atoms with Crippen LogP contribution in [0.15, 0.2) is 24.9 Å². The Morgan fingerprint density at radius 3 is 2.43 bits per heavy atom. The molecule has 0 aliphatic heterocycles. The van der Waals surface area contributed by atoms with Crippen LogP contribution in [0.3, 0.4) is 0 Å². The smallest absolute Gasteiger partial charge is 0.0172 e. The molecule has 0 N–H and O–H groups in total. The Morgan fingerprint density at radius 1 is 1.07 bits per heavy atom. The molecule has 1 nitrogen and oxygen atoms in total. The maximum atomic E-state index is 3.72. The fourth-order valence-electron chi connectivity index (χ4n) is 1.35. The fraction of sp³-hybridized carbons (Fsp3) is 0.692. The summed E-state index contributed by atoms with van der Waals surface area (Å²) >= 11 is 0. The van der Waals surface area contributed by atoms with E-state index in [1.54, 1.807) is 0 Å². The number of allylic oxidation sites excluding steroid dienone is 2. The Hall–Kier alpha value is -0.720. The summed E-state index contributed by atoms with van der Waals surface area (Å²) in [5, 5.41) is 0. The highest BCUT2D eigenvalue weighted by atomic mass is 15.1. The Morgan fingerprint density at radius 2 is 1.86 bits per heavy atom. The van der Waals surface area contributed by atoms with Gasteiger partial charge in [-0.15, -0.1) is 6.58 Å². The van der Waals surface area contributed by atoms with Crippen LogP contribution in [0.2, 0.25) is 0 Å². The highest BCUT2D eigenvalue weighted by Crippen LogP contribution is 2.00. The molecule has 0 heterocycles. The lowest BCUT2D eigenvalue weighted by atomic mass is 10.3. The lowest BCUT2D eigenvalue weighted by molar-refractivity contribution is 0.366. The second-order valence-electron chi connectivity index (χ2n) is 3.64. The Kier molecular flexibility index (Phi) is 9.83. The van der Waals surface area contributed by atoms with E-state index in [-0.39, 0.29) is 0 Å². The van der Waals surface area contributed by atoms with Crippen molar-refractivity contribution in [3.63, 3.8) is 0 Å². The number of rotatable bonds is 9. The minimum atomic E-state index is 1.09. The van der Waals surface area contributed by atoms with Gasteiger partial charge in [0.05, 0.1) is 0 Å². The van der Waals surface area contributed by atoms with Gasteiger partial charge in [0.25, 0.3) is 0 Å². The number of unbranched alkanes of at least 4 members (excludes halogenated alkanes) is 2. The van der Waals surface area contributed by atoms with Crippen molar-refractivity contribution in [1.29, 1.82) is 0 Å². The summed E-state index contributed by atoms with van der Waals surface area (Å²) < 4.78 is 0. The third kappa shape index (κ3) is 7.90. The molecule has 1 heteroatoms. The van der Waals surface area contributed by atoms with E-state index in [0.29, 0.717) is 0 Å². The highest BCUT2D eigenvalue weighted by Gasteiger charge is 1.95. The first kappa shape index (κ1) is 13.3. The van der Waals surface area contributed by atoms with Crippen LogP contribution in [0, 0.1) is 0 Å². The Bertz CT molecular complexity index is 149. The zero-order chi connectivity index (χ0) is 10.6. The minimum Gasteiger partial charge on any atom is -0.378 e. The Balaban J connectivity index is 3.69. The van der Waals surface area contributed by atoms with Crippen LogP contribution in [-0.4, -0.2) is 18.0 Å². The molecule has 0 saturated carbocycles. The van der Waals surface area contributed by atoms with Gasteiger partial charge >= 0.3 is 0 Å². The van der Waals surface area contributed by atoms with E-state index in [1.165, 1.54) is 32.4 Å². The summed E-state index contributed by atoms with van der Waals surface area (Å²) in [6.07, 6.45) is 12.5. The summed E-state index contributed by atoms with van der Waals surface area (Å²) in [5.74, 6) is 0. The quantitative estimate of drug-likeness (QED) is 0.397. The molecular formula is C13H25N. The molecule has 0 radical (unpaired) electrons. The van der Waals surface area contributed by atoms with Crippen molar-refractivity contribution in [2.75, 3.05) is 13.1 Å². The number of hydrogen-bond donors (Lipinski definition) is 0. The van der Waals surface area contributed by atoms with E-state index >= 15 is 0 Å². The van der Waals surface area contributed by atoms with Crippen LogP contribution >= 0.6 is 0 Å². The zero-order valence-corrected chi connectivity index (χ0v) is 9.84. The molecule has 14 heavy (non-hydrogen) atoms. The van der Waals surface area contributed by atoms with Crippen molar-refractivity contribution in [3.05, 3.63) is 24.9 Å². The van der Waals surface area contributed by atoms with Gasteiger partial charge in [-0.05, 0) is 31.9 Å². The number of nitrogens with zero attached hydrogens (tertiary/aromatic N) is 1. The predicted octanol–water partition coefficient (Wildman–Crippen LogP) is 3.98. The molecule has 0 rings (SSSR count). The molecule has 82 valence electrons. The van der Waals surface area contributed by atoms with Crippen LogP contribution in [0.4, 0.5) is 0 Å². The van der Waals surface area contributed by atoms with Gasteiger partial charge in [-0.1, -0.05) is 32.4 Å². The molecule has 0 aromatic heterocycles. The minimum absolute atomic E-state index is 1.09. The standard InChI is InChI=1S/C13H25N/c1-4-7-9-10-13-14(11-6-3)12-8-5-2/h4,10,13H,1,5-9,11-12H2,2-3H3. The molecule has 0 aliphatic carbocycles. The van der Waals surface area contributed by atoms with Gasteiger partial charge in [-0.3, -0.25) is 0 Å². The zero-order valence-electron chi connectivity index (χ0n) is 9.84. The lowest BCUT2D eigenvalue weighted by Crippen LogP contribution is -2.19. The summed E-state index contributed by atoms with van der Waals surface area (Å²) in [6.45, 7) is 10.6. The monoisotopic (exact) mass is 195 g/mol. The third-order valence-electron chi connectivity index (χ3n) is 2.16. The predicted molar refractivity (Wildman–Crippen MR) is 65.3 cm³/mol. The number of hydrogen-bond acceptors (Lipinski definition) is 1. The molecule has 0 aromatic carbocycles. The second kappa shape index (κ2) is 10.4. The average Bonchev–Trinajstić information content (AvgIpc) is 2.20. The van der Waals surface area contributed by atoms with Gasteiger partial charge in [0.2, 0.25) is 0 Å². The van der Waals surface area contributed by atoms with Crippen molar-refractivity contribution in [2.45, 2.75) is 46.0 Å². The maximum Gasteiger partial charge on any atom is 0.0172 e. The van der Waals surface area contributed by atoms with E-state index < -0.39 is 0 Å². The van der Waals surface area contributed by atoms with Crippen molar-refractivity contribution in [2.24, 2.45) is 0 Å². The van der Waals surface area contributed by atoms with Crippen LogP contribution in [-0.2, 0) is 0 Å². The summed E-state index contributed by atoms with van der Waals surface area (Å²) in [7, 11) is 0. The molecule has 0 bridgehead atoms. The topological polar surface area (TPSA) is 3.24 Å². The van der Waals surface area contributed by atoms with Gasteiger partial charge < -0.3 is 4.90 Å². The highest BCUT2D eigenvalue weighted by molar-refractivity contribution is 4.84. The molecule has 0 amide bonds. The van der Waals surface area contributed by atoms with Gasteiger partial charge in [-0.25, -0.2) is 0 Å². The van der Waals surface area contributed by atoms with E-state index in [0.717, 1.165) is 12.8 Å². The van der Waals surface area contributed by atoms with Crippen molar-refractivity contribution in [3.8, 4) is 0 Å². The molecular weight excluding hydrogens is 170 g/mol. The first-order chi connectivity index (χ1) is 6.85. The van der Waals surface area contributed by atoms with Gasteiger partial charge in [0.15, 0.2) is 0 Å². The van der Waals surface area contributed by atoms with E-state index in [4.69, 9.17) is 0 Å². The molecule has 0 atom stereocenters. The fourth-order valence-corrected chi connectivity index (χ4v) is 1.35. The first-order valence-electron chi connectivity index (χ1n) is 5.86. The van der Waals surface area contributed by atoms with Crippen LogP contribution in [0.1, 0.15) is 46.0 Å². The summed E-state index contributed by atoms with van der Waals surface area (Å²) in [4.78, 5) is 2.42. The first-order valence-corrected chi connectivity index (χ1v) is 5.86.